The summed E-state index contributed by atoms with van der Waals surface area (Å²) in [6.45, 7) is 6.29. The molecule has 0 atom stereocenters. The van der Waals surface area contributed by atoms with Gasteiger partial charge in [0.25, 0.3) is 0 Å². The Morgan fingerprint density at radius 2 is 1.36 bits per heavy atom. The van der Waals surface area contributed by atoms with E-state index in [0.717, 1.165) is 0 Å². The van der Waals surface area contributed by atoms with E-state index >= 15 is 0 Å². The van der Waals surface area contributed by atoms with Crippen molar-refractivity contribution in [1.29, 1.82) is 0 Å². The Labute approximate surface area is 85.8 Å². The molecule has 0 aliphatic rings. The Morgan fingerprint density at radius 3 is 1.64 bits per heavy atom. The molecule has 0 amide bonds. The van der Waals surface area contributed by atoms with Gasteiger partial charge in [0.1, 0.15) is 0 Å². The van der Waals surface area contributed by atoms with Crippen LogP contribution >= 0.6 is 0 Å². The van der Waals surface area contributed by atoms with E-state index in [9.17, 15) is 0 Å². The van der Waals surface area contributed by atoms with Crippen molar-refractivity contribution in [2.75, 3.05) is 39.6 Å². The minimum absolute atomic E-state index is 0.0578. The second-order valence-electron chi connectivity index (χ2n) is 3.60. The van der Waals surface area contributed by atoms with E-state index in [1.807, 2.05) is 0 Å². The van der Waals surface area contributed by atoms with E-state index in [-0.39, 0.29) is 13.2 Å². The van der Waals surface area contributed by atoms with Crippen LogP contribution in [0.3, 0.4) is 0 Å². The van der Waals surface area contributed by atoms with Crippen LogP contribution in [0.4, 0.5) is 0 Å². The van der Waals surface area contributed by atoms with E-state index in [4.69, 9.17) is 19.7 Å². The van der Waals surface area contributed by atoms with Crippen molar-refractivity contribution in [1.82, 2.24) is 0 Å². The van der Waals surface area contributed by atoms with Crippen LogP contribution in [0.25, 0.3) is 0 Å². The van der Waals surface area contributed by atoms with Gasteiger partial charge < -0.3 is 19.7 Å². The third kappa shape index (κ3) is 7.26. The van der Waals surface area contributed by atoms with Gasteiger partial charge in [-0.2, -0.15) is 0 Å². The lowest BCUT2D eigenvalue weighted by atomic mass is 9.98. The van der Waals surface area contributed by atoms with E-state index in [0.29, 0.717) is 38.3 Å². The quantitative estimate of drug-likeness (QED) is 0.532. The fourth-order valence-electron chi connectivity index (χ4n) is 1.03. The number of aliphatic hydroxyl groups excluding tert-OH is 2. The predicted molar refractivity (Wildman–Crippen MR) is 54.1 cm³/mol. The minimum Gasteiger partial charge on any atom is -0.394 e. The molecule has 14 heavy (non-hydrogen) atoms. The molecule has 0 rings (SSSR count). The Hall–Kier alpha value is -0.160. The molecule has 0 unspecified atom stereocenters. The monoisotopic (exact) mass is 206 g/mol. The maximum absolute atomic E-state index is 8.54. The SMILES string of the molecule is CC(C)C(COCCO)COCCO. The molecule has 4 heteroatoms. The van der Waals surface area contributed by atoms with Gasteiger partial charge in [-0.25, -0.2) is 0 Å². The van der Waals surface area contributed by atoms with Gasteiger partial charge in [-0.3, -0.25) is 0 Å². The zero-order chi connectivity index (χ0) is 10.8. The summed E-state index contributed by atoms with van der Waals surface area (Å²) in [7, 11) is 0. The van der Waals surface area contributed by atoms with Crippen LogP contribution in [-0.4, -0.2) is 49.9 Å². The highest BCUT2D eigenvalue weighted by Gasteiger charge is 2.13. The van der Waals surface area contributed by atoms with E-state index in [2.05, 4.69) is 13.8 Å². The van der Waals surface area contributed by atoms with Gasteiger partial charge in [0.2, 0.25) is 0 Å². The summed E-state index contributed by atoms with van der Waals surface area (Å²) >= 11 is 0. The van der Waals surface area contributed by atoms with Gasteiger partial charge >= 0.3 is 0 Å². The van der Waals surface area contributed by atoms with Crippen molar-refractivity contribution in [2.24, 2.45) is 11.8 Å². The fraction of sp³-hybridized carbons (Fsp3) is 1.00. The third-order valence-corrected chi connectivity index (χ3v) is 2.08. The molecule has 0 aromatic heterocycles. The highest BCUT2D eigenvalue weighted by molar-refractivity contribution is 4.61. The van der Waals surface area contributed by atoms with Crippen molar-refractivity contribution in [3.63, 3.8) is 0 Å². The highest BCUT2D eigenvalue weighted by atomic mass is 16.5. The molecule has 4 nitrogen and oxygen atoms in total. The largest absolute Gasteiger partial charge is 0.394 e. The molecule has 2 N–H and O–H groups in total. The second kappa shape index (κ2) is 9.40. The summed E-state index contributed by atoms with van der Waals surface area (Å²) in [5.41, 5.74) is 0. The second-order valence-corrected chi connectivity index (χ2v) is 3.60. The molecule has 0 bridgehead atoms. The maximum atomic E-state index is 8.54. The van der Waals surface area contributed by atoms with Crippen molar-refractivity contribution in [3.8, 4) is 0 Å². The van der Waals surface area contributed by atoms with Gasteiger partial charge in [0.15, 0.2) is 0 Å². The summed E-state index contributed by atoms with van der Waals surface area (Å²) in [6, 6.07) is 0. The van der Waals surface area contributed by atoms with Gasteiger partial charge in [0.05, 0.1) is 39.6 Å². The third-order valence-electron chi connectivity index (χ3n) is 2.08. The van der Waals surface area contributed by atoms with Crippen LogP contribution in [0.2, 0.25) is 0 Å². The first-order chi connectivity index (χ1) is 6.72. The molecule has 0 saturated heterocycles. The van der Waals surface area contributed by atoms with Crippen molar-refractivity contribution < 1.29 is 19.7 Å². The Kier molecular flexibility index (Phi) is 9.29. The first-order valence-electron chi connectivity index (χ1n) is 5.09. The van der Waals surface area contributed by atoms with Crippen LogP contribution < -0.4 is 0 Å². The molecule has 0 fully saturated rings. The lowest BCUT2D eigenvalue weighted by molar-refractivity contribution is 0.00323. The summed E-state index contributed by atoms with van der Waals surface area (Å²) in [4.78, 5) is 0. The number of hydrogen-bond donors (Lipinski definition) is 2. The number of hydrogen-bond acceptors (Lipinski definition) is 4. The van der Waals surface area contributed by atoms with Crippen LogP contribution in [0.1, 0.15) is 13.8 Å². The summed E-state index contributed by atoms with van der Waals surface area (Å²) in [6.07, 6.45) is 0. The zero-order valence-electron chi connectivity index (χ0n) is 9.11. The van der Waals surface area contributed by atoms with Crippen LogP contribution in [0.5, 0.6) is 0 Å². The van der Waals surface area contributed by atoms with Crippen LogP contribution in [0, 0.1) is 11.8 Å². The first-order valence-corrected chi connectivity index (χ1v) is 5.09. The Morgan fingerprint density at radius 1 is 0.929 bits per heavy atom. The molecule has 0 aliphatic heterocycles. The Bertz CT molecular complexity index is 107. The maximum Gasteiger partial charge on any atom is 0.0697 e. The molecule has 86 valence electrons. The lowest BCUT2D eigenvalue weighted by Crippen LogP contribution is -2.23. The fourth-order valence-corrected chi connectivity index (χ4v) is 1.03. The molecular weight excluding hydrogens is 184 g/mol. The highest BCUT2D eigenvalue weighted by Crippen LogP contribution is 2.11. The smallest absolute Gasteiger partial charge is 0.0697 e. The molecule has 0 saturated carbocycles. The van der Waals surface area contributed by atoms with E-state index < -0.39 is 0 Å². The first kappa shape index (κ1) is 13.8. The zero-order valence-corrected chi connectivity index (χ0v) is 9.11. The predicted octanol–water partition coefficient (Wildman–Crippen LogP) is 0.276. The van der Waals surface area contributed by atoms with Crippen molar-refractivity contribution >= 4 is 0 Å². The number of rotatable bonds is 9. The minimum atomic E-state index is 0.0578. The average molecular weight is 206 g/mol. The average Bonchev–Trinajstić information content (AvgIpc) is 2.15. The molecule has 0 spiro atoms. The van der Waals surface area contributed by atoms with Gasteiger partial charge in [-0.1, -0.05) is 13.8 Å². The van der Waals surface area contributed by atoms with Gasteiger partial charge in [-0.15, -0.1) is 0 Å². The molecule has 0 heterocycles. The van der Waals surface area contributed by atoms with Crippen molar-refractivity contribution in [3.05, 3.63) is 0 Å². The molecular formula is C10H22O4. The summed E-state index contributed by atoms with van der Waals surface area (Å²) in [5.74, 6) is 0.806. The molecule has 0 aromatic carbocycles. The topological polar surface area (TPSA) is 58.9 Å². The summed E-state index contributed by atoms with van der Waals surface area (Å²) < 4.78 is 10.5. The summed E-state index contributed by atoms with van der Waals surface area (Å²) in [5, 5.41) is 17.1. The van der Waals surface area contributed by atoms with E-state index in [1.165, 1.54) is 0 Å². The number of aliphatic hydroxyl groups is 2. The lowest BCUT2D eigenvalue weighted by Gasteiger charge is -2.20. The molecule has 0 radical (unpaired) electrons. The van der Waals surface area contributed by atoms with Crippen LogP contribution in [0.15, 0.2) is 0 Å². The Balaban J connectivity index is 3.55. The van der Waals surface area contributed by atoms with Gasteiger partial charge in [0, 0.05) is 5.92 Å². The van der Waals surface area contributed by atoms with E-state index in [1.54, 1.807) is 0 Å². The molecule has 0 aliphatic carbocycles. The molecule has 0 aromatic rings. The van der Waals surface area contributed by atoms with Crippen LogP contribution in [-0.2, 0) is 9.47 Å². The number of ether oxygens (including phenoxy) is 2. The normalized spacial score (nSPS) is 11.6. The van der Waals surface area contributed by atoms with Gasteiger partial charge in [-0.05, 0) is 5.92 Å². The van der Waals surface area contributed by atoms with Crippen molar-refractivity contribution in [2.45, 2.75) is 13.8 Å². The standard InChI is InChI=1S/C10H22O4/c1-9(2)10(7-13-5-3-11)8-14-6-4-12/h9-12H,3-8H2,1-2H3.